The van der Waals surface area contributed by atoms with Crippen LogP contribution in [0.3, 0.4) is 0 Å². The number of amides is 1. The number of carbonyl (C=O) groups is 1. The van der Waals surface area contributed by atoms with Gasteiger partial charge in [0.1, 0.15) is 18.0 Å². The van der Waals surface area contributed by atoms with Crippen molar-refractivity contribution in [1.82, 2.24) is 14.9 Å². The van der Waals surface area contributed by atoms with Crippen LogP contribution in [0.5, 0.6) is 0 Å². The Bertz CT molecular complexity index is 1020. The fraction of sp³-hybridized carbons (Fsp3) is 0.211. The third-order valence-corrected chi connectivity index (χ3v) is 5.07. The zero-order valence-electron chi connectivity index (χ0n) is 14.2. The second-order valence-electron chi connectivity index (χ2n) is 6.26. The van der Waals surface area contributed by atoms with Gasteiger partial charge in [0, 0.05) is 41.6 Å². The lowest BCUT2D eigenvalue weighted by atomic mass is 10.1. The van der Waals surface area contributed by atoms with Crippen LogP contribution in [-0.4, -0.2) is 47.0 Å². The molecule has 0 bridgehead atoms. The molecule has 0 atom stereocenters. The monoisotopic (exact) mass is 404 g/mol. The van der Waals surface area contributed by atoms with Crippen LogP contribution in [0.25, 0.3) is 10.9 Å². The smallest absolute Gasteiger partial charge is 0.257 e. The summed E-state index contributed by atoms with van der Waals surface area (Å²) in [6.07, 6.45) is 1.51. The molecule has 1 aliphatic rings. The first-order valence-corrected chi connectivity index (χ1v) is 9.18. The van der Waals surface area contributed by atoms with Gasteiger partial charge in [-0.2, -0.15) is 0 Å². The molecule has 8 heteroatoms. The summed E-state index contributed by atoms with van der Waals surface area (Å²) in [5.74, 6) is -0.114. The maximum atomic E-state index is 14.0. The largest absolute Gasteiger partial charge is 0.352 e. The van der Waals surface area contributed by atoms with Crippen molar-refractivity contribution in [3.63, 3.8) is 0 Å². The van der Waals surface area contributed by atoms with Gasteiger partial charge < -0.3 is 9.80 Å². The number of hydrogen-bond donors (Lipinski definition) is 0. The molecule has 4 rings (SSSR count). The molecule has 1 aromatic heterocycles. The van der Waals surface area contributed by atoms with Gasteiger partial charge in [-0.1, -0.05) is 23.2 Å². The zero-order chi connectivity index (χ0) is 19.0. The van der Waals surface area contributed by atoms with Crippen molar-refractivity contribution in [3.8, 4) is 0 Å². The normalized spacial score (nSPS) is 14.6. The maximum absolute atomic E-state index is 14.0. The Kier molecular flexibility index (Phi) is 4.85. The van der Waals surface area contributed by atoms with E-state index in [1.165, 1.54) is 24.5 Å². The number of rotatable bonds is 2. The molecule has 0 spiro atoms. The summed E-state index contributed by atoms with van der Waals surface area (Å²) in [5.41, 5.74) is 0.769. The third kappa shape index (κ3) is 3.55. The van der Waals surface area contributed by atoms with Crippen LogP contribution in [0, 0.1) is 5.82 Å². The molecule has 138 valence electrons. The van der Waals surface area contributed by atoms with Gasteiger partial charge in [0.25, 0.3) is 5.91 Å². The Morgan fingerprint density at radius 1 is 0.963 bits per heavy atom. The Morgan fingerprint density at radius 3 is 2.44 bits per heavy atom. The highest BCUT2D eigenvalue weighted by molar-refractivity contribution is 6.31. The minimum absolute atomic E-state index is 0.00178. The van der Waals surface area contributed by atoms with Crippen molar-refractivity contribution in [2.24, 2.45) is 0 Å². The molecule has 0 radical (unpaired) electrons. The van der Waals surface area contributed by atoms with Gasteiger partial charge in [0.05, 0.1) is 11.1 Å². The van der Waals surface area contributed by atoms with Gasteiger partial charge in [0.15, 0.2) is 0 Å². The number of aromatic nitrogens is 2. The van der Waals surface area contributed by atoms with Crippen molar-refractivity contribution >= 4 is 45.8 Å². The summed E-state index contributed by atoms with van der Waals surface area (Å²) in [6, 6.07) is 9.50. The van der Waals surface area contributed by atoms with E-state index in [1.54, 1.807) is 17.0 Å². The Morgan fingerprint density at radius 2 is 1.67 bits per heavy atom. The lowest BCUT2D eigenvalue weighted by Gasteiger charge is -2.35. The summed E-state index contributed by atoms with van der Waals surface area (Å²) in [4.78, 5) is 25.0. The van der Waals surface area contributed by atoms with Gasteiger partial charge >= 0.3 is 0 Å². The van der Waals surface area contributed by atoms with E-state index in [2.05, 4.69) is 14.9 Å². The van der Waals surface area contributed by atoms with Crippen molar-refractivity contribution < 1.29 is 9.18 Å². The minimum Gasteiger partial charge on any atom is -0.352 e. The van der Waals surface area contributed by atoms with E-state index in [4.69, 9.17) is 23.2 Å². The summed E-state index contributed by atoms with van der Waals surface area (Å²) in [5, 5.41) is 1.86. The number of anilines is 1. The first-order chi connectivity index (χ1) is 13.0. The molecule has 1 aliphatic heterocycles. The second-order valence-corrected chi connectivity index (χ2v) is 7.14. The Labute approximate surface area is 165 Å². The van der Waals surface area contributed by atoms with E-state index in [0.29, 0.717) is 36.2 Å². The number of carbonyl (C=O) groups excluding carboxylic acids is 1. The van der Waals surface area contributed by atoms with Crippen LogP contribution >= 0.6 is 23.2 Å². The molecule has 1 amide bonds. The van der Waals surface area contributed by atoms with Crippen molar-refractivity contribution in [2.75, 3.05) is 31.1 Å². The SMILES string of the molecule is O=C(c1cc(Cl)ccc1F)N1CCN(c2ncnc3cc(Cl)ccc23)CC1. The minimum atomic E-state index is -0.564. The standard InChI is InChI=1S/C19H15Cl2FN4O/c20-12-2-4-16(22)15(9-12)19(27)26-7-5-25(6-8-26)18-14-3-1-13(21)10-17(14)23-11-24-18/h1-4,9-11H,5-8H2. The highest BCUT2D eigenvalue weighted by atomic mass is 35.5. The van der Waals surface area contributed by atoms with Crippen LogP contribution in [0.15, 0.2) is 42.7 Å². The number of fused-ring (bicyclic) bond motifs is 1. The summed E-state index contributed by atoms with van der Waals surface area (Å²) in [7, 11) is 0. The average molecular weight is 405 g/mol. The first-order valence-electron chi connectivity index (χ1n) is 8.42. The molecular weight excluding hydrogens is 390 g/mol. The van der Waals surface area contributed by atoms with E-state index in [1.807, 2.05) is 6.07 Å². The van der Waals surface area contributed by atoms with Gasteiger partial charge in [-0.3, -0.25) is 4.79 Å². The van der Waals surface area contributed by atoms with Crippen molar-refractivity contribution in [2.45, 2.75) is 0 Å². The molecule has 0 aliphatic carbocycles. The maximum Gasteiger partial charge on any atom is 0.257 e. The van der Waals surface area contributed by atoms with E-state index in [-0.39, 0.29) is 11.5 Å². The highest BCUT2D eigenvalue weighted by Crippen LogP contribution is 2.26. The van der Waals surface area contributed by atoms with Crippen LogP contribution in [0.2, 0.25) is 10.0 Å². The van der Waals surface area contributed by atoms with Crippen LogP contribution in [0.1, 0.15) is 10.4 Å². The second kappa shape index (κ2) is 7.29. The number of hydrogen-bond acceptors (Lipinski definition) is 4. The highest BCUT2D eigenvalue weighted by Gasteiger charge is 2.25. The fourth-order valence-corrected chi connectivity index (χ4v) is 3.56. The number of nitrogens with zero attached hydrogens (tertiary/aromatic N) is 4. The van der Waals surface area contributed by atoms with E-state index in [9.17, 15) is 9.18 Å². The van der Waals surface area contributed by atoms with Crippen LogP contribution < -0.4 is 4.90 Å². The molecule has 2 aromatic carbocycles. The van der Waals surface area contributed by atoms with Gasteiger partial charge in [-0.15, -0.1) is 0 Å². The molecule has 1 fully saturated rings. The third-order valence-electron chi connectivity index (χ3n) is 4.60. The lowest BCUT2D eigenvalue weighted by Crippen LogP contribution is -2.49. The summed E-state index contributed by atoms with van der Waals surface area (Å²) < 4.78 is 14.0. The van der Waals surface area contributed by atoms with E-state index in [0.717, 1.165) is 16.7 Å². The molecule has 0 saturated carbocycles. The molecule has 5 nitrogen and oxygen atoms in total. The topological polar surface area (TPSA) is 49.3 Å². The lowest BCUT2D eigenvalue weighted by molar-refractivity contribution is 0.0742. The molecule has 1 saturated heterocycles. The predicted octanol–water partition coefficient (Wildman–Crippen LogP) is 4.04. The molecule has 27 heavy (non-hydrogen) atoms. The average Bonchev–Trinajstić information content (AvgIpc) is 2.69. The van der Waals surface area contributed by atoms with Gasteiger partial charge in [-0.05, 0) is 36.4 Å². The van der Waals surface area contributed by atoms with Gasteiger partial charge in [-0.25, -0.2) is 14.4 Å². The number of halogens is 3. The quantitative estimate of drug-likeness (QED) is 0.646. The fourth-order valence-electron chi connectivity index (χ4n) is 3.22. The van der Waals surface area contributed by atoms with Crippen molar-refractivity contribution in [1.29, 1.82) is 0 Å². The Hall–Kier alpha value is -2.44. The molecule has 2 heterocycles. The molecule has 3 aromatic rings. The number of piperazine rings is 1. The summed E-state index contributed by atoms with van der Waals surface area (Å²) >= 11 is 11.9. The first kappa shape index (κ1) is 17.9. The predicted molar refractivity (Wildman–Crippen MR) is 104 cm³/mol. The Balaban J connectivity index is 1.53. The van der Waals surface area contributed by atoms with Gasteiger partial charge in [0.2, 0.25) is 0 Å². The van der Waals surface area contributed by atoms with E-state index < -0.39 is 5.82 Å². The van der Waals surface area contributed by atoms with Crippen LogP contribution in [-0.2, 0) is 0 Å². The van der Waals surface area contributed by atoms with E-state index >= 15 is 0 Å². The van der Waals surface area contributed by atoms with Crippen molar-refractivity contribution in [3.05, 3.63) is 64.2 Å². The number of benzene rings is 2. The zero-order valence-corrected chi connectivity index (χ0v) is 15.7. The summed E-state index contributed by atoms with van der Waals surface area (Å²) in [6.45, 7) is 2.10. The molecular formula is C19H15Cl2FN4O. The van der Waals surface area contributed by atoms with Crippen LogP contribution in [0.4, 0.5) is 10.2 Å². The molecule has 0 N–H and O–H groups in total. The molecule has 0 unspecified atom stereocenters.